The van der Waals surface area contributed by atoms with Gasteiger partial charge in [-0.15, -0.1) is 0 Å². The topological polar surface area (TPSA) is 49.2 Å². The van der Waals surface area contributed by atoms with E-state index in [-0.39, 0.29) is 5.82 Å². The van der Waals surface area contributed by atoms with Gasteiger partial charge in [-0.25, -0.2) is 14.4 Å². The highest BCUT2D eigenvalue weighted by Gasteiger charge is 2.34. The van der Waals surface area contributed by atoms with Crippen molar-refractivity contribution in [3.63, 3.8) is 0 Å². The number of halogens is 1. The molecule has 1 aliphatic rings. The molecule has 0 radical (unpaired) electrons. The Balaban J connectivity index is 1.73. The Morgan fingerprint density at radius 2 is 1.80 bits per heavy atom. The fraction of sp³-hybridized carbons (Fsp3) is 0.333. The molecule has 2 heterocycles. The number of benzene rings is 1. The number of hydrogen-bond donors (Lipinski definition) is 1. The molecule has 3 rings (SSSR count). The summed E-state index contributed by atoms with van der Waals surface area (Å²) in [6.45, 7) is 1.43. The number of anilines is 1. The molecule has 0 amide bonds. The van der Waals surface area contributed by atoms with Crippen molar-refractivity contribution >= 4 is 5.82 Å². The van der Waals surface area contributed by atoms with Crippen LogP contribution in [0.1, 0.15) is 18.4 Å². The summed E-state index contributed by atoms with van der Waals surface area (Å²) in [5, 5.41) is 10.7. The predicted octanol–water partition coefficient (Wildman–Crippen LogP) is 2.10. The van der Waals surface area contributed by atoms with Crippen LogP contribution in [0.15, 0.2) is 42.9 Å². The van der Waals surface area contributed by atoms with E-state index in [1.54, 1.807) is 18.3 Å². The highest BCUT2D eigenvalue weighted by molar-refractivity contribution is 5.38. The van der Waals surface area contributed by atoms with Crippen molar-refractivity contribution < 1.29 is 9.50 Å². The van der Waals surface area contributed by atoms with Gasteiger partial charge in [0.25, 0.3) is 0 Å². The van der Waals surface area contributed by atoms with Crippen molar-refractivity contribution in [2.75, 3.05) is 18.0 Å². The van der Waals surface area contributed by atoms with E-state index in [0.29, 0.717) is 25.9 Å². The second-order valence-electron chi connectivity index (χ2n) is 5.09. The smallest absolute Gasteiger partial charge is 0.131 e. The molecule has 1 aliphatic heterocycles. The molecule has 0 unspecified atom stereocenters. The first-order valence-electron chi connectivity index (χ1n) is 6.67. The zero-order chi connectivity index (χ0) is 14.0. The minimum atomic E-state index is -0.878. The summed E-state index contributed by atoms with van der Waals surface area (Å²) in [6.07, 6.45) is 4.44. The largest absolute Gasteiger partial charge is 0.385 e. The van der Waals surface area contributed by atoms with E-state index in [9.17, 15) is 9.50 Å². The van der Waals surface area contributed by atoms with Crippen molar-refractivity contribution in [1.29, 1.82) is 0 Å². The monoisotopic (exact) mass is 273 g/mol. The fourth-order valence-corrected chi connectivity index (χ4v) is 2.63. The Morgan fingerprint density at radius 1 is 1.10 bits per heavy atom. The van der Waals surface area contributed by atoms with Crippen LogP contribution in [0.25, 0.3) is 0 Å². The van der Waals surface area contributed by atoms with Crippen molar-refractivity contribution in [3.8, 4) is 0 Å². The first-order valence-corrected chi connectivity index (χ1v) is 6.67. The second-order valence-corrected chi connectivity index (χ2v) is 5.09. The average Bonchev–Trinajstić information content (AvgIpc) is 2.49. The minimum Gasteiger partial charge on any atom is -0.385 e. The number of hydrogen-bond acceptors (Lipinski definition) is 4. The molecule has 0 atom stereocenters. The lowest BCUT2D eigenvalue weighted by Gasteiger charge is -2.39. The molecular weight excluding hydrogens is 257 g/mol. The first-order chi connectivity index (χ1) is 9.67. The summed E-state index contributed by atoms with van der Waals surface area (Å²) in [5.74, 6) is 0.594. The normalized spacial score (nSPS) is 18.0. The van der Waals surface area contributed by atoms with Crippen LogP contribution >= 0.6 is 0 Å². The van der Waals surface area contributed by atoms with Crippen LogP contribution < -0.4 is 4.90 Å². The lowest BCUT2D eigenvalue weighted by atomic mass is 9.84. The lowest BCUT2D eigenvalue weighted by Crippen LogP contribution is -2.43. The van der Waals surface area contributed by atoms with Gasteiger partial charge in [-0.05, 0) is 36.6 Å². The van der Waals surface area contributed by atoms with Gasteiger partial charge in [-0.1, -0.05) is 12.1 Å². The van der Waals surface area contributed by atoms with Crippen LogP contribution in [0.2, 0.25) is 0 Å². The molecule has 2 aromatic rings. The zero-order valence-electron chi connectivity index (χ0n) is 11.0. The van der Waals surface area contributed by atoms with E-state index in [0.717, 1.165) is 11.4 Å². The third-order valence-electron chi connectivity index (χ3n) is 3.86. The zero-order valence-corrected chi connectivity index (χ0v) is 11.0. The Kier molecular flexibility index (Phi) is 3.36. The van der Waals surface area contributed by atoms with Crippen molar-refractivity contribution in [1.82, 2.24) is 9.97 Å². The van der Waals surface area contributed by atoms with Gasteiger partial charge < -0.3 is 10.0 Å². The molecule has 0 spiro atoms. The summed E-state index contributed by atoms with van der Waals surface area (Å²) < 4.78 is 13.0. The Hall–Kier alpha value is -2.01. The van der Waals surface area contributed by atoms with Gasteiger partial charge in [-0.3, -0.25) is 0 Å². The SMILES string of the molecule is OC1(c2ccc(F)cc2)CCN(c2ccncn2)CC1. The van der Waals surface area contributed by atoms with E-state index < -0.39 is 5.60 Å². The van der Waals surface area contributed by atoms with Gasteiger partial charge in [0, 0.05) is 19.3 Å². The van der Waals surface area contributed by atoms with Crippen LogP contribution in [0, 0.1) is 5.82 Å². The van der Waals surface area contributed by atoms with Gasteiger partial charge in [0.1, 0.15) is 18.0 Å². The Morgan fingerprint density at radius 3 is 2.40 bits per heavy atom. The molecule has 1 aromatic heterocycles. The summed E-state index contributed by atoms with van der Waals surface area (Å²) >= 11 is 0. The minimum absolute atomic E-state index is 0.282. The van der Waals surface area contributed by atoms with E-state index in [1.165, 1.54) is 18.5 Å². The lowest BCUT2D eigenvalue weighted by molar-refractivity contribution is 0.0116. The van der Waals surface area contributed by atoms with Crippen LogP contribution in [0.3, 0.4) is 0 Å². The second kappa shape index (κ2) is 5.17. The molecule has 0 saturated carbocycles. The third kappa shape index (κ3) is 2.49. The van der Waals surface area contributed by atoms with E-state index in [2.05, 4.69) is 14.9 Å². The maximum absolute atomic E-state index is 13.0. The maximum atomic E-state index is 13.0. The predicted molar refractivity (Wildman–Crippen MR) is 73.8 cm³/mol. The first kappa shape index (κ1) is 13.0. The number of piperidine rings is 1. The van der Waals surface area contributed by atoms with Crippen LogP contribution in [0.4, 0.5) is 10.2 Å². The quantitative estimate of drug-likeness (QED) is 0.910. The Bertz CT molecular complexity index is 565. The van der Waals surface area contributed by atoms with Crippen molar-refractivity contribution in [2.45, 2.75) is 18.4 Å². The standard InChI is InChI=1S/C15H16FN3O/c16-13-3-1-12(2-4-13)15(20)6-9-19(10-7-15)14-5-8-17-11-18-14/h1-5,8,11,20H,6-7,9-10H2. The average molecular weight is 273 g/mol. The van der Waals surface area contributed by atoms with Crippen LogP contribution in [-0.4, -0.2) is 28.2 Å². The number of nitrogens with zero attached hydrogens (tertiary/aromatic N) is 3. The van der Waals surface area contributed by atoms with Crippen molar-refractivity contribution in [2.24, 2.45) is 0 Å². The van der Waals surface area contributed by atoms with Crippen LogP contribution in [0.5, 0.6) is 0 Å². The molecule has 0 bridgehead atoms. The molecule has 104 valence electrons. The Labute approximate surface area is 116 Å². The van der Waals surface area contributed by atoms with Gasteiger partial charge in [0.05, 0.1) is 5.60 Å². The fourth-order valence-electron chi connectivity index (χ4n) is 2.63. The molecule has 5 heteroatoms. The molecule has 1 fully saturated rings. The van der Waals surface area contributed by atoms with Gasteiger partial charge in [0.2, 0.25) is 0 Å². The van der Waals surface area contributed by atoms with E-state index in [1.807, 2.05) is 6.07 Å². The molecule has 1 aromatic carbocycles. The highest BCUT2D eigenvalue weighted by atomic mass is 19.1. The summed E-state index contributed by atoms with van der Waals surface area (Å²) in [4.78, 5) is 10.2. The van der Waals surface area contributed by atoms with E-state index >= 15 is 0 Å². The molecule has 0 aliphatic carbocycles. The number of aromatic nitrogens is 2. The van der Waals surface area contributed by atoms with E-state index in [4.69, 9.17) is 0 Å². The molecule has 1 saturated heterocycles. The van der Waals surface area contributed by atoms with Crippen LogP contribution in [-0.2, 0) is 5.60 Å². The molecule has 1 N–H and O–H groups in total. The van der Waals surface area contributed by atoms with Crippen molar-refractivity contribution in [3.05, 3.63) is 54.2 Å². The number of rotatable bonds is 2. The summed E-state index contributed by atoms with van der Waals surface area (Å²) in [6, 6.07) is 7.97. The third-order valence-corrected chi connectivity index (χ3v) is 3.86. The molecule has 20 heavy (non-hydrogen) atoms. The highest BCUT2D eigenvalue weighted by Crippen LogP contribution is 2.33. The molecular formula is C15H16FN3O. The van der Waals surface area contributed by atoms with Gasteiger partial charge in [0.15, 0.2) is 0 Å². The number of aliphatic hydroxyl groups is 1. The summed E-state index contributed by atoms with van der Waals surface area (Å²) in [5.41, 5.74) is -0.0988. The maximum Gasteiger partial charge on any atom is 0.131 e. The molecule has 4 nitrogen and oxygen atoms in total. The summed E-state index contributed by atoms with van der Waals surface area (Å²) in [7, 11) is 0. The van der Waals surface area contributed by atoms with Gasteiger partial charge >= 0.3 is 0 Å². The van der Waals surface area contributed by atoms with Gasteiger partial charge in [-0.2, -0.15) is 0 Å².